The van der Waals surface area contributed by atoms with E-state index in [9.17, 15) is 32.0 Å². The quantitative estimate of drug-likeness (QED) is 0.120. The zero-order valence-electron chi connectivity index (χ0n) is 33.7. The van der Waals surface area contributed by atoms with Crippen molar-refractivity contribution in [1.29, 1.82) is 0 Å². The number of imide groups is 1. The molecular weight excluding hydrogens is 842 g/mol. The Kier molecular flexibility index (Phi) is 10.0. The Morgan fingerprint density at radius 3 is 2.51 bits per heavy atom. The third-order valence-corrected chi connectivity index (χ3v) is 14.2. The van der Waals surface area contributed by atoms with Crippen molar-refractivity contribution in [2.45, 2.75) is 38.0 Å². The number of nitrogens with one attached hydrogen (secondary N) is 3. The number of pyridine rings is 1. The van der Waals surface area contributed by atoms with Gasteiger partial charge in [-0.05, 0) is 72.5 Å². The number of likely N-dealkylation sites (tertiary alicyclic amines) is 1. The van der Waals surface area contributed by atoms with Gasteiger partial charge in [0.2, 0.25) is 17.6 Å². The van der Waals surface area contributed by atoms with E-state index in [2.05, 4.69) is 25.1 Å². The van der Waals surface area contributed by atoms with Crippen molar-refractivity contribution in [3.63, 3.8) is 0 Å². The minimum Gasteiger partial charge on any atom is -0.492 e. The Morgan fingerprint density at radius 1 is 0.968 bits per heavy atom. The maximum atomic E-state index is 15.7. The number of ketones is 1. The number of aromatic amines is 1. The van der Waals surface area contributed by atoms with Crippen molar-refractivity contribution in [2.75, 3.05) is 62.0 Å². The zero-order valence-corrected chi connectivity index (χ0v) is 34.5. The molecular formula is C44H41F3N8O7S. The van der Waals surface area contributed by atoms with Crippen LogP contribution in [-0.2, 0) is 26.3 Å². The molecule has 0 radical (unpaired) electrons. The number of nitrogens with zero attached hydrogens (tertiary/aromatic N) is 5. The number of amides is 3. The number of piperidine rings is 1. The van der Waals surface area contributed by atoms with E-state index < -0.39 is 63.5 Å². The molecule has 3 aromatic carbocycles. The third-order valence-electron chi connectivity index (χ3n) is 12.7. The number of anilines is 2. The molecule has 19 heteroatoms. The summed E-state index contributed by atoms with van der Waals surface area (Å²) < 4.78 is 78.9. The number of alkyl halides is 1. The molecule has 10 rings (SSSR count). The second-order valence-electron chi connectivity index (χ2n) is 17.0. The molecule has 5 aliphatic rings. The first-order valence-electron chi connectivity index (χ1n) is 20.6. The minimum absolute atomic E-state index is 0.00228. The molecule has 4 fully saturated rings. The first-order valence-corrected chi connectivity index (χ1v) is 22.1. The second kappa shape index (κ2) is 15.5. The van der Waals surface area contributed by atoms with E-state index in [1.165, 1.54) is 6.20 Å². The summed E-state index contributed by atoms with van der Waals surface area (Å²) in [6, 6.07) is 15.9. The average Bonchev–Trinajstić information content (AvgIpc) is 3.96. The van der Waals surface area contributed by atoms with E-state index in [0.29, 0.717) is 47.5 Å². The van der Waals surface area contributed by atoms with Crippen LogP contribution in [0, 0.1) is 17.0 Å². The van der Waals surface area contributed by atoms with E-state index in [1.54, 1.807) is 17.2 Å². The topological polar surface area (TPSA) is 177 Å². The van der Waals surface area contributed by atoms with E-state index in [0.717, 1.165) is 66.0 Å². The van der Waals surface area contributed by atoms with Crippen molar-refractivity contribution >= 4 is 56.1 Å². The largest absolute Gasteiger partial charge is 0.492 e. The molecule has 2 aromatic heterocycles. The minimum atomic E-state index is -4.36. The number of fused-ring (bicyclic) bond motifs is 2. The van der Waals surface area contributed by atoms with Gasteiger partial charge in [0, 0.05) is 104 Å². The highest BCUT2D eigenvalue weighted by molar-refractivity contribution is 7.90. The van der Waals surface area contributed by atoms with Gasteiger partial charge in [-0.2, -0.15) is 12.7 Å². The highest BCUT2D eigenvalue weighted by Gasteiger charge is 2.51. The number of ether oxygens (including phenoxy) is 1. The molecule has 326 valence electrons. The summed E-state index contributed by atoms with van der Waals surface area (Å²) in [4.78, 5) is 64.3. The summed E-state index contributed by atoms with van der Waals surface area (Å²) in [7, 11) is -4.36. The number of carbonyl (C=O) groups is 4. The molecule has 3 amide bonds. The lowest BCUT2D eigenvalue weighted by Crippen LogP contribution is -2.72. The first-order chi connectivity index (χ1) is 30.2. The summed E-state index contributed by atoms with van der Waals surface area (Å²) in [6.45, 7) is 4.79. The number of carbonyl (C=O) groups excluding carboxylic acids is 4. The van der Waals surface area contributed by atoms with Crippen molar-refractivity contribution in [3.8, 4) is 16.9 Å². The lowest BCUT2D eigenvalue weighted by atomic mass is 9.72. The zero-order chi connectivity index (χ0) is 43.8. The van der Waals surface area contributed by atoms with Crippen LogP contribution < -0.4 is 19.7 Å². The van der Waals surface area contributed by atoms with Crippen LogP contribution in [0.1, 0.15) is 51.1 Å². The molecule has 63 heavy (non-hydrogen) atoms. The van der Waals surface area contributed by atoms with Crippen LogP contribution in [0.15, 0.2) is 73.1 Å². The van der Waals surface area contributed by atoms with Gasteiger partial charge in [-0.1, -0.05) is 12.1 Å². The van der Waals surface area contributed by atoms with Crippen LogP contribution in [0.5, 0.6) is 5.75 Å². The Balaban J connectivity index is 0.722. The predicted molar refractivity (Wildman–Crippen MR) is 224 cm³/mol. The molecule has 15 nitrogen and oxygen atoms in total. The van der Waals surface area contributed by atoms with Gasteiger partial charge in [-0.25, -0.2) is 18.2 Å². The number of hydrogen-bond acceptors (Lipinski definition) is 10. The standard InChI is InChI=1S/C44H41F3N8O7S/c45-28-11-12-54(20-28)63(60,61)51-35-8-7-34(46)38(39(35)47)40(57)33-18-49-41-32(33)16-26(17-48-41)25-1-4-30(5-2-25)62-14-13-52-21-44(22-52)23-53(24-44)29-3-6-31-27(15-29)19-55(43(31)59)36-9-10-37(56)50-42(36)58/h1-8,15-18,28,36,51H,9-14,19-24H2,(H,48,49)(H,50,56,58)/t28-,36?/m1/s1. The molecule has 0 aliphatic carbocycles. The van der Waals surface area contributed by atoms with E-state index >= 15 is 8.78 Å². The number of H-pyrrole nitrogens is 1. The van der Waals surface area contributed by atoms with Gasteiger partial charge in [0.1, 0.15) is 36.0 Å². The summed E-state index contributed by atoms with van der Waals surface area (Å²) in [5.41, 5.74) is 2.78. The molecule has 5 aliphatic heterocycles. The molecule has 0 saturated carbocycles. The SMILES string of the molecule is O=C1CCC(N2Cc3cc(N4CC5(CN(CCOc6ccc(-c7cnc8[nH]cc(C(=O)c9c(F)ccc(NS(=O)(=O)N%10CC[C@@H](F)C%10)c9F)c8c7)cc6)C5)C4)ccc3C2=O)C(=O)N1. The van der Waals surface area contributed by atoms with Crippen LogP contribution in [-0.4, -0.2) is 121 Å². The second-order valence-corrected chi connectivity index (χ2v) is 18.6. The molecule has 1 unspecified atom stereocenters. The summed E-state index contributed by atoms with van der Waals surface area (Å²) in [5, 5.41) is 2.65. The Morgan fingerprint density at radius 2 is 1.76 bits per heavy atom. The van der Waals surface area contributed by atoms with Gasteiger partial charge in [0.05, 0.1) is 11.3 Å². The van der Waals surface area contributed by atoms with Crippen LogP contribution in [0.3, 0.4) is 0 Å². The predicted octanol–water partition coefficient (Wildman–Crippen LogP) is 4.40. The van der Waals surface area contributed by atoms with Gasteiger partial charge >= 0.3 is 10.2 Å². The van der Waals surface area contributed by atoms with Gasteiger partial charge in [-0.15, -0.1) is 0 Å². The lowest BCUT2D eigenvalue weighted by Gasteiger charge is -2.61. The summed E-state index contributed by atoms with van der Waals surface area (Å²) in [6.07, 6.45) is 2.09. The molecule has 7 heterocycles. The molecule has 4 saturated heterocycles. The van der Waals surface area contributed by atoms with Gasteiger partial charge < -0.3 is 19.5 Å². The molecule has 5 aromatic rings. The Hall–Kier alpha value is -6.31. The average molecular weight is 883 g/mol. The van der Waals surface area contributed by atoms with Gasteiger partial charge in [0.15, 0.2) is 5.82 Å². The Bertz CT molecular complexity index is 2830. The number of hydrogen-bond donors (Lipinski definition) is 3. The first kappa shape index (κ1) is 40.7. The van der Waals surface area contributed by atoms with Crippen LogP contribution in [0.25, 0.3) is 22.2 Å². The third kappa shape index (κ3) is 7.46. The van der Waals surface area contributed by atoms with Gasteiger partial charge in [-0.3, -0.25) is 34.1 Å². The maximum Gasteiger partial charge on any atom is 0.301 e. The van der Waals surface area contributed by atoms with E-state index in [-0.39, 0.29) is 42.2 Å². The van der Waals surface area contributed by atoms with E-state index in [4.69, 9.17) is 4.74 Å². The fourth-order valence-corrected chi connectivity index (χ4v) is 10.7. The normalized spacial score (nSPS) is 21.1. The van der Waals surface area contributed by atoms with Crippen LogP contribution in [0.4, 0.5) is 24.5 Å². The van der Waals surface area contributed by atoms with Crippen molar-refractivity contribution in [1.82, 2.24) is 29.4 Å². The van der Waals surface area contributed by atoms with Crippen molar-refractivity contribution < 1.29 is 45.5 Å². The molecule has 1 spiro atoms. The van der Waals surface area contributed by atoms with E-state index in [1.807, 2.05) is 47.2 Å². The number of rotatable bonds is 12. The number of aromatic nitrogens is 2. The number of benzene rings is 3. The summed E-state index contributed by atoms with van der Waals surface area (Å²) in [5.74, 6) is -3.84. The molecule has 2 atom stereocenters. The maximum absolute atomic E-state index is 15.7. The van der Waals surface area contributed by atoms with Gasteiger partial charge in [0.25, 0.3) is 5.91 Å². The van der Waals surface area contributed by atoms with Crippen LogP contribution in [0.2, 0.25) is 0 Å². The molecule has 0 bridgehead atoms. The van der Waals surface area contributed by atoms with Crippen molar-refractivity contribution in [3.05, 3.63) is 107 Å². The molecule has 3 N–H and O–H groups in total. The fraction of sp³-hybridized carbons (Fsp3) is 0.341. The Labute approximate surface area is 359 Å². The fourth-order valence-electron chi connectivity index (χ4n) is 9.43. The van der Waals surface area contributed by atoms with Crippen LogP contribution >= 0.6 is 0 Å². The highest BCUT2D eigenvalue weighted by Crippen LogP contribution is 2.43. The number of halogens is 3. The highest BCUT2D eigenvalue weighted by atomic mass is 32.2. The monoisotopic (exact) mass is 882 g/mol. The smallest absolute Gasteiger partial charge is 0.301 e. The van der Waals surface area contributed by atoms with Crippen molar-refractivity contribution in [2.24, 2.45) is 5.41 Å². The lowest BCUT2D eigenvalue weighted by molar-refractivity contribution is -0.136. The summed E-state index contributed by atoms with van der Waals surface area (Å²) >= 11 is 0.